The van der Waals surface area contributed by atoms with Gasteiger partial charge < -0.3 is 10.2 Å². The highest BCUT2D eigenvalue weighted by Gasteiger charge is 2.34. The Bertz CT molecular complexity index is 1380. The summed E-state index contributed by atoms with van der Waals surface area (Å²) in [5, 5.41) is 3.62. The molecule has 0 heterocycles. The van der Waals surface area contributed by atoms with Gasteiger partial charge in [0, 0.05) is 17.6 Å². The quantitative estimate of drug-likeness (QED) is 0.310. The molecule has 4 rings (SSSR count). The predicted molar refractivity (Wildman–Crippen MR) is 159 cm³/mol. The summed E-state index contributed by atoms with van der Waals surface area (Å²) in [5.74, 6) is -0.721. The third kappa shape index (κ3) is 7.23. The highest BCUT2D eigenvalue weighted by atomic mass is 35.5. The van der Waals surface area contributed by atoms with Crippen LogP contribution in [-0.4, -0.2) is 43.8 Å². The summed E-state index contributed by atoms with van der Waals surface area (Å²) in [7, 11) is -4.08. The fourth-order valence-corrected chi connectivity index (χ4v) is 6.75. The van der Waals surface area contributed by atoms with Crippen molar-refractivity contribution in [3.8, 4) is 0 Å². The smallest absolute Gasteiger partial charge is 0.264 e. The van der Waals surface area contributed by atoms with E-state index >= 15 is 0 Å². The van der Waals surface area contributed by atoms with E-state index < -0.39 is 28.5 Å². The van der Waals surface area contributed by atoms with E-state index in [2.05, 4.69) is 5.32 Å². The largest absolute Gasteiger partial charge is 0.352 e. The summed E-state index contributed by atoms with van der Waals surface area (Å²) < 4.78 is 28.7. The zero-order chi connectivity index (χ0) is 28.5. The zero-order valence-electron chi connectivity index (χ0n) is 22.7. The Labute approximate surface area is 242 Å². The molecule has 0 spiro atoms. The van der Waals surface area contributed by atoms with Gasteiger partial charge in [-0.3, -0.25) is 13.9 Å². The molecule has 212 valence electrons. The molecule has 1 N–H and O–H groups in total. The van der Waals surface area contributed by atoms with Crippen LogP contribution in [0.1, 0.15) is 51.0 Å². The molecule has 1 atom stereocenters. The van der Waals surface area contributed by atoms with Crippen LogP contribution >= 0.6 is 11.6 Å². The molecule has 40 heavy (non-hydrogen) atoms. The molecule has 3 aromatic carbocycles. The van der Waals surface area contributed by atoms with E-state index in [1.165, 1.54) is 17.0 Å². The molecule has 0 aromatic heterocycles. The van der Waals surface area contributed by atoms with E-state index in [0.717, 1.165) is 36.4 Å². The summed E-state index contributed by atoms with van der Waals surface area (Å²) in [6.07, 6.45) is 5.48. The third-order valence-corrected chi connectivity index (χ3v) is 9.45. The summed E-state index contributed by atoms with van der Waals surface area (Å²) in [5.41, 5.74) is 1.04. The molecule has 0 unspecified atom stereocenters. The highest BCUT2D eigenvalue weighted by molar-refractivity contribution is 7.92. The van der Waals surface area contributed by atoms with Crippen LogP contribution in [0.2, 0.25) is 5.02 Å². The minimum Gasteiger partial charge on any atom is -0.352 e. The van der Waals surface area contributed by atoms with Gasteiger partial charge in [-0.15, -0.1) is 0 Å². The van der Waals surface area contributed by atoms with Gasteiger partial charge in [-0.05, 0) is 55.2 Å². The van der Waals surface area contributed by atoms with Crippen molar-refractivity contribution in [2.24, 2.45) is 0 Å². The molecular formula is C31H36ClN3O4S. The van der Waals surface area contributed by atoms with E-state index in [0.29, 0.717) is 22.7 Å². The fraction of sp³-hybridized carbons (Fsp3) is 0.355. The van der Waals surface area contributed by atoms with Crippen LogP contribution in [0.3, 0.4) is 0 Å². The lowest BCUT2D eigenvalue weighted by Gasteiger charge is -2.34. The van der Waals surface area contributed by atoms with Crippen LogP contribution in [0.25, 0.3) is 0 Å². The fourth-order valence-electron chi connectivity index (χ4n) is 5.12. The first-order valence-electron chi connectivity index (χ1n) is 13.8. The van der Waals surface area contributed by atoms with Crippen LogP contribution in [0.5, 0.6) is 0 Å². The van der Waals surface area contributed by atoms with Crippen LogP contribution in [-0.2, 0) is 26.2 Å². The maximum Gasteiger partial charge on any atom is 0.264 e. The molecule has 0 bridgehead atoms. The number of nitrogens with one attached hydrogen (secondary N) is 1. The SMILES string of the molecule is CC[C@@H](C(=O)NC1CCCCC1)N(Cc1ccccc1Cl)C(=O)CN(c1ccccc1)S(=O)(=O)c1ccccc1. The van der Waals surface area contributed by atoms with Gasteiger partial charge in [-0.25, -0.2) is 8.42 Å². The average Bonchev–Trinajstić information content (AvgIpc) is 2.98. The number of rotatable bonds is 11. The lowest BCUT2D eigenvalue weighted by molar-refractivity contribution is -0.140. The van der Waals surface area contributed by atoms with Crippen molar-refractivity contribution in [3.05, 3.63) is 95.5 Å². The molecule has 1 aliphatic carbocycles. The van der Waals surface area contributed by atoms with Gasteiger partial charge in [0.25, 0.3) is 10.0 Å². The lowest BCUT2D eigenvalue weighted by atomic mass is 9.95. The number of benzene rings is 3. The second kappa shape index (κ2) is 13.8. The maximum atomic E-state index is 14.1. The molecule has 1 aliphatic rings. The molecule has 0 radical (unpaired) electrons. The number of amides is 2. The molecular weight excluding hydrogens is 546 g/mol. The van der Waals surface area contributed by atoms with Gasteiger partial charge in [0.05, 0.1) is 10.6 Å². The van der Waals surface area contributed by atoms with Gasteiger partial charge in [-0.1, -0.05) is 92.4 Å². The molecule has 0 saturated heterocycles. The third-order valence-electron chi connectivity index (χ3n) is 7.29. The van der Waals surface area contributed by atoms with Crippen molar-refractivity contribution >= 4 is 39.1 Å². The van der Waals surface area contributed by atoms with Gasteiger partial charge in [0.15, 0.2) is 0 Å². The number of carbonyl (C=O) groups excluding carboxylic acids is 2. The van der Waals surface area contributed by atoms with Crippen LogP contribution < -0.4 is 9.62 Å². The van der Waals surface area contributed by atoms with Gasteiger partial charge in [0.1, 0.15) is 12.6 Å². The number of anilines is 1. The first-order chi connectivity index (χ1) is 19.3. The molecule has 1 saturated carbocycles. The molecule has 1 fully saturated rings. The Kier molecular flexibility index (Phi) is 10.2. The van der Waals surface area contributed by atoms with Gasteiger partial charge in [-0.2, -0.15) is 0 Å². The van der Waals surface area contributed by atoms with Gasteiger partial charge >= 0.3 is 0 Å². The molecule has 9 heteroatoms. The van der Waals surface area contributed by atoms with Crippen LogP contribution in [0.15, 0.2) is 89.8 Å². The Morgan fingerprint density at radius 2 is 1.50 bits per heavy atom. The first kappa shape index (κ1) is 29.6. The Hall–Kier alpha value is -3.36. The number of halogens is 1. The number of para-hydroxylation sites is 1. The van der Waals surface area contributed by atoms with Crippen molar-refractivity contribution in [2.45, 2.75) is 69.0 Å². The van der Waals surface area contributed by atoms with E-state index in [-0.39, 0.29) is 23.4 Å². The number of nitrogens with zero attached hydrogens (tertiary/aromatic N) is 2. The summed E-state index contributed by atoms with van der Waals surface area (Å²) in [4.78, 5) is 29.2. The minimum atomic E-state index is -4.08. The second-order valence-corrected chi connectivity index (χ2v) is 12.3. The van der Waals surface area contributed by atoms with Crippen molar-refractivity contribution in [1.82, 2.24) is 10.2 Å². The number of hydrogen-bond acceptors (Lipinski definition) is 4. The number of carbonyl (C=O) groups is 2. The molecule has 0 aliphatic heterocycles. The second-order valence-electron chi connectivity index (χ2n) is 10.0. The minimum absolute atomic E-state index is 0.0725. The van der Waals surface area contributed by atoms with Crippen molar-refractivity contribution in [2.75, 3.05) is 10.8 Å². The Morgan fingerprint density at radius 1 is 0.900 bits per heavy atom. The predicted octanol–water partition coefficient (Wildman–Crippen LogP) is 5.79. The lowest BCUT2D eigenvalue weighted by Crippen LogP contribution is -2.54. The first-order valence-corrected chi connectivity index (χ1v) is 15.6. The number of sulfonamides is 1. The van der Waals surface area contributed by atoms with Crippen LogP contribution in [0, 0.1) is 0 Å². The molecule has 7 nitrogen and oxygen atoms in total. The monoisotopic (exact) mass is 581 g/mol. The highest BCUT2D eigenvalue weighted by Crippen LogP contribution is 2.26. The van der Waals surface area contributed by atoms with Crippen molar-refractivity contribution in [3.63, 3.8) is 0 Å². The van der Waals surface area contributed by atoms with Crippen molar-refractivity contribution in [1.29, 1.82) is 0 Å². The van der Waals surface area contributed by atoms with E-state index in [1.54, 1.807) is 60.7 Å². The average molecular weight is 582 g/mol. The summed E-state index contributed by atoms with van der Waals surface area (Å²) in [6, 6.07) is 23.0. The summed E-state index contributed by atoms with van der Waals surface area (Å²) in [6.45, 7) is 1.45. The maximum absolute atomic E-state index is 14.1. The molecule has 3 aromatic rings. The summed E-state index contributed by atoms with van der Waals surface area (Å²) >= 11 is 6.47. The topological polar surface area (TPSA) is 86.8 Å². The number of hydrogen-bond donors (Lipinski definition) is 1. The van der Waals surface area contributed by atoms with Crippen LogP contribution in [0.4, 0.5) is 5.69 Å². The Morgan fingerprint density at radius 3 is 2.12 bits per heavy atom. The van der Waals surface area contributed by atoms with E-state index in [9.17, 15) is 18.0 Å². The van der Waals surface area contributed by atoms with Crippen molar-refractivity contribution < 1.29 is 18.0 Å². The normalized spacial score (nSPS) is 14.8. The van der Waals surface area contributed by atoms with E-state index in [4.69, 9.17) is 11.6 Å². The Balaban J connectivity index is 1.68. The zero-order valence-corrected chi connectivity index (χ0v) is 24.3. The van der Waals surface area contributed by atoms with Gasteiger partial charge in [0.2, 0.25) is 11.8 Å². The standard InChI is InChI=1S/C31H36ClN3O4S/c1-2-29(31(37)33-25-15-6-3-7-16-25)34(22-24-14-12-13-21-28(24)32)30(36)23-35(26-17-8-4-9-18-26)40(38,39)27-19-10-5-11-20-27/h4-5,8-14,17-21,25,29H,2-3,6-7,15-16,22-23H2,1H3,(H,33,37)/t29-/m0/s1. The van der Waals surface area contributed by atoms with E-state index in [1.807, 2.05) is 19.1 Å². The molecule has 2 amide bonds.